The van der Waals surface area contributed by atoms with Gasteiger partial charge in [0.1, 0.15) is 6.54 Å². The van der Waals surface area contributed by atoms with Crippen LogP contribution in [0.3, 0.4) is 0 Å². The molecule has 0 spiro atoms. The highest BCUT2D eigenvalue weighted by Crippen LogP contribution is 2.28. The molecule has 0 aliphatic carbocycles. The van der Waals surface area contributed by atoms with Crippen molar-refractivity contribution in [2.45, 2.75) is 18.9 Å². The Balaban J connectivity index is 1.66. The summed E-state index contributed by atoms with van der Waals surface area (Å²) in [6, 6.07) is 14.9. The quantitative estimate of drug-likeness (QED) is 0.813. The van der Waals surface area contributed by atoms with Crippen molar-refractivity contribution in [2.75, 3.05) is 13.7 Å². The molecule has 25 heavy (non-hydrogen) atoms. The molecule has 0 aromatic heterocycles. The summed E-state index contributed by atoms with van der Waals surface area (Å²) in [7, 11) is 1.94. The van der Waals surface area contributed by atoms with Crippen LogP contribution in [0.4, 0.5) is 0 Å². The predicted molar refractivity (Wildman–Crippen MR) is 97.6 cm³/mol. The van der Waals surface area contributed by atoms with Crippen LogP contribution < -0.4 is 4.90 Å². The van der Waals surface area contributed by atoms with E-state index in [0.29, 0.717) is 23.3 Å². The second-order valence-corrected chi connectivity index (χ2v) is 7.18. The van der Waals surface area contributed by atoms with Crippen LogP contribution in [0.15, 0.2) is 48.5 Å². The minimum Gasteiger partial charge on any atom is -0.316 e. The van der Waals surface area contributed by atoms with E-state index in [1.807, 2.05) is 49.5 Å². The molecule has 1 fully saturated rings. The number of imide groups is 1. The molecule has 2 amide bonds. The summed E-state index contributed by atoms with van der Waals surface area (Å²) in [5, 5.41) is 1.02. The summed E-state index contributed by atoms with van der Waals surface area (Å²) in [5.74, 6) is -0.608. The number of hydrogen-bond donors (Lipinski definition) is 1. The molecular formula is C19H19Cl2N2O2+. The maximum Gasteiger partial charge on any atom is 0.241 e. The number of carbonyl (C=O) groups excluding carboxylic acids is 2. The van der Waals surface area contributed by atoms with Gasteiger partial charge < -0.3 is 4.90 Å². The molecule has 2 aromatic rings. The lowest BCUT2D eigenvalue weighted by atomic mass is 9.98. The third-order valence-corrected chi connectivity index (χ3v) is 5.10. The van der Waals surface area contributed by atoms with Crippen molar-refractivity contribution in [2.24, 2.45) is 0 Å². The number of rotatable bonds is 5. The van der Waals surface area contributed by atoms with Crippen molar-refractivity contribution in [3.8, 4) is 0 Å². The highest BCUT2D eigenvalue weighted by Gasteiger charge is 2.40. The Labute approximate surface area is 156 Å². The van der Waals surface area contributed by atoms with Crippen molar-refractivity contribution >= 4 is 35.0 Å². The van der Waals surface area contributed by atoms with Gasteiger partial charge in [0.25, 0.3) is 0 Å². The van der Waals surface area contributed by atoms with Crippen molar-refractivity contribution in [3.63, 3.8) is 0 Å². The number of likely N-dealkylation sites (tertiary alicyclic amines) is 1. The van der Waals surface area contributed by atoms with Gasteiger partial charge in [0.2, 0.25) is 11.8 Å². The van der Waals surface area contributed by atoms with Gasteiger partial charge in [0.15, 0.2) is 6.67 Å². The van der Waals surface area contributed by atoms with Gasteiger partial charge in [-0.2, -0.15) is 0 Å². The Bertz CT molecular complexity index is 795. The van der Waals surface area contributed by atoms with Crippen LogP contribution in [0.2, 0.25) is 10.0 Å². The van der Waals surface area contributed by atoms with E-state index in [1.165, 1.54) is 4.90 Å². The Kier molecular flexibility index (Phi) is 5.42. The van der Waals surface area contributed by atoms with Crippen molar-refractivity contribution in [1.82, 2.24) is 4.90 Å². The van der Waals surface area contributed by atoms with E-state index in [9.17, 15) is 9.59 Å². The lowest BCUT2D eigenvalue weighted by Gasteiger charge is -2.21. The first-order valence-electron chi connectivity index (χ1n) is 8.10. The van der Waals surface area contributed by atoms with Gasteiger partial charge in [-0.25, -0.2) is 4.90 Å². The highest BCUT2D eigenvalue weighted by atomic mass is 35.5. The summed E-state index contributed by atoms with van der Waals surface area (Å²) in [4.78, 5) is 27.4. The number of carbonyl (C=O) groups is 2. The molecular weight excluding hydrogens is 359 g/mol. The predicted octanol–water partition coefficient (Wildman–Crippen LogP) is 2.51. The van der Waals surface area contributed by atoms with Crippen LogP contribution in [0.5, 0.6) is 0 Å². The zero-order valence-corrected chi connectivity index (χ0v) is 15.3. The molecule has 1 unspecified atom stereocenters. The van der Waals surface area contributed by atoms with Crippen LogP contribution >= 0.6 is 23.2 Å². The molecule has 3 rings (SSSR count). The molecule has 1 N–H and O–H groups in total. The molecule has 0 saturated carbocycles. The molecule has 6 heteroatoms. The zero-order chi connectivity index (χ0) is 18.0. The Morgan fingerprint density at radius 1 is 1.08 bits per heavy atom. The summed E-state index contributed by atoms with van der Waals surface area (Å²) >= 11 is 12.0. The van der Waals surface area contributed by atoms with Gasteiger partial charge in [0.05, 0.1) is 23.0 Å². The lowest BCUT2D eigenvalue weighted by Crippen LogP contribution is -3.09. The third kappa shape index (κ3) is 4.03. The Hall–Kier alpha value is -1.88. The van der Waals surface area contributed by atoms with Crippen LogP contribution in [0, 0.1) is 0 Å². The number of benzene rings is 2. The van der Waals surface area contributed by atoms with Gasteiger partial charge in [-0.05, 0) is 17.7 Å². The van der Waals surface area contributed by atoms with Crippen LogP contribution in [-0.2, 0) is 16.1 Å². The van der Waals surface area contributed by atoms with E-state index in [1.54, 1.807) is 6.07 Å². The maximum atomic E-state index is 12.7. The fourth-order valence-electron chi connectivity index (χ4n) is 3.12. The standard InChI is InChI=1S/C19H18Cl2N2O2/c1-22(11-13-7-8-16(20)17(21)9-13)12-23-18(24)10-15(19(23)25)14-5-3-2-4-6-14/h2-9,15H,10-12H2,1H3/p+1/t15-/m0/s1. The largest absolute Gasteiger partial charge is 0.316 e. The summed E-state index contributed by atoms with van der Waals surface area (Å²) in [5.41, 5.74) is 1.90. The van der Waals surface area contributed by atoms with Crippen molar-refractivity contribution in [1.29, 1.82) is 0 Å². The molecule has 1 saturated heterocycles. The molecule has 1 aliphatic heterocycles. The number of nitrogens with zero attached hydrogens (tertiary/aromatic N) is 1. The van der Waals surface area contributed by atoms with E-state index in [2.05, 4.69) is 0 Å². The smallest absolute Gasteiger partial charge is 0.241 e. The first-order valence-corrected chi connectivity index (χ1v) is 8.85. The van der Waals surface area contributed by atoms with Gasteiger partial charge in [0, 0.05) is 12.0 Å². The van der Waals surface area contributed by atoms with Gasteiger partial charge in [-0.15, -0.1) is 0 Å². The van der Waals surface area contributed by atoms with Crippen LogP contribution in [0.1, 0.15) is 23.5 Å². The normalized spacial score (nSPS) is 18.7. The number of hydrogen-bond acceptors (Lipinski definition) is 2. The monoisotopic (exact) mass is 377 g/mol. The first kappa shape index (κ1) is 17.9. The fraction of sp³-hybridized carbons (Fsp3) is 0.263. The van der Waals surface area contributed by atoms with Crippen LogP contribution in [0.25, 0.3) is 0 Å². The molecule has 130 valence electrons. The summed E-state index contributed by atoms with van der Waals surface area (Å²) < 4.78 is 0. The molecule has 4 nitrogen and oxygen atoms in total. The van der Waals surface area contributed by atoms with Gasteiger partial charge >= 0.3 is 0 Å². The zero-order valence-electron chi connectivity index (χ0n) is 13.8. The minimum absolute atomic E-state index is 0.118. The number of quaternary nitrogens is 1. The molecule has 0 radical (unpaired) electrons. The maximum absolute atomic E-state index is 12.7. The Morgan fingerprint density at radius 2 is 1.80 bits per heavy atom. The Morgan fingerprint density at radius 3 is 2.48 bits per heavy atom. The molecule has 1 aliphatic rings. The van der Waals surface area contributed by atoms with E-state index in [0.717, 1.165) is 16.0 Å². The van der Waals surface area contributed by atoms with E-state index in [4.69, 9.17) is 23.2 Å². The second kappa shape index (κ2) is 7.56. The second-order valence-electron chi connectivity index (χ2n) is 6.37. The third-order valence-electron chi connectivity index (χ3n) is 4.36. The van der Waals surface area contributed by atoms with E-state index < -0.39 is 0 Å². The highest BCUT2D eigenvalue weighted by molar-refractivity contribution is 6.42. The van der Waals surface area contributed by atoms with Crippen molar-refractivity contribution in [3.05, 3.63) is 69.7 Å². The summed E-state index contributed by atoms with van der Waals surface area (Å²) in [6.45, 7) is 0.977. The number of halogens is 2. The first-order chi connectivity index (χ1) is 12.0. The molecule has 2 atom stereocenters. The number of amides is 2. The SMILES string of the molecule is C[NH+](Cc1ccc(Cl)c(Cl)c1)CN1C(=O)C[C@@H](c2ccccc2)C1=O. The molecule has 0 bridgehead atoms. The van der Waals surface area contributed by atoms with Crippen molar-refractivity contribution < 1.29 is 14.5 Å². The number of nitrogens with one attached hydrogen (secondary N) is 1. The lowest BCUT2D eigenvalue weighted by molar-refractivity contribution is -0.901. The topological polar surface area (TPSA) is 41.8 Å². The molecule has 2 aromatic carbocycles. The van der Waals surface area contributed by atoms with Gasteiger partial charge in [-0.1, -0.05) is 59.6 Å². The van der Waals surface area contributed by atoms with E-state index in [-0.39, 0.29) is 24.2 Å². The average Bonchev–Trinajstić information content (AvgIpc) is 2.87. The fourth-order valence-corrected chi connectivity index (χ4v) is 3.44. The van der Waals surface area contributed by atoms with Crippen LogP contribution in [-0.4, -0.2) is 30.4 Å². The summed E-state index contributed by atoms with van der Waals surface area (Å²) in [6.07, 6.45) is 0.239. The average molecular weight is 378 g/mol. The van der Waals surface area contributed by atoms with E-state index >= 15 is 0 Å². The van der Waals surface area contributed by atoms with Gasteiger partial charge in [-0.3, -0.25) is 9.59 Å². The molecule has 1 heterocycles. The minimum atomic E-state index is -0.369.